The van der Waals surface area contributed by atoms with Gasteiger partial charge in [-0.2, -0.15) is 8.42 Å². The molecule has 52 heavy (non-hydrogen) atoms. The van der Waals surface area contributed by atoms with Crippen LogP contribution in [0.3, 0.4) is 0 Å². The van der Waals surface area contributed by atoms with Gasteiger partial charge in [0.05, 0.1) is 4.90 Å². The lowest BCUT2D eigenvalue weighted by atomic mass is 9.46. The quantitative estimate of drug-likeness (QED) is 0.0980. The molecule has 6 nitrogen and oxygen atoms in total. The third-order valence-electron chi connectivity index (χ3n) is 14.7. The van der Waals surface area contributed by atoms with Crippen LogP contribution in [-0.4, -0.2) is 21.4 Å². The molecule has 0 saturated heterocycles. The first-order chi connectivity index (χ1) is 25.0. The Morgan fingerprint density at radius 1 is 0.519 bits per heavy atom. The van der Waals surface area contributed by atoms with E-state index >= 15 is 8.42 Å². The van der Waals surface area contributed by atoms with Crippen LogP contribution in [0.1, 0.15) is 88.2 Å². The fraction of sp³-hybridized carbons (Fsp3) is 0.455. The monoisotopic (exact) mass is 731 g/mol. The minimum absolute atomic E-state index is 0.0534. The summed E-state index contributed by atoms with van der Waals surface area (Å²) < 4.78 is 75.7. The second-order valence-electron chi connectivity index (χ2n) is 18.0. The van der Waals surface area contributed by atoms with E-state index in [0.29, 0.717) is 40.4 Å². The third-order valence-corrected chi connectivity index (χ3v) is 16.9. The van der Waals surface area contributed by atoms with Crippen LogP contribution in [0.2, 0.25) is 0 Å². The van der Waals surface area contributed by atoms with Crippen LogP contribution in [0.25, 0.3) is 32.3 Å². The minimum atomic E-state index is -4.91. The van der Waals surface area contributed by atoms with Gasteiger partial charge >= 0.3 is 10.1 Å². The molecule has 5 aromatic rings. The average molecular weight is 732 g/mol. The molecule has 8 bridgehead atoms. The van der Waals surface area contributed by atoms with E-state index in [9.17, 15) is 13.0 Å². The fourth-order valence-electron chi connectivity index (χ4n) is 14.0. The molecule has 268 valence electrons. The summed E-state index contributed by atoms with van der Waals surface area (Å²) in [5.74, 6) is 3.98. The van der Waals surface area contributed by atoms with Gasteiger partial charge in [-0.25, -0.2) is 8.42 Å². The van der Waals surface area contributed by atoms with Crippen LogP contribution in [0.4, 0.5) is 0 Å². The van der Waals surface area contributed by atoms with Gasteiger partial charge in [0.25, 0.3) is 0 Å². The summed E-state index contributed by atoms with van der Waals surface area (Å²) in [4.78, 5) is -0.0555. The number of hydrogen-bond acceptors (Lipinski definition) is 6. The highest BCUT2D eigenvalue weighted by molar-refractivity contribution is 7.87. The maximum absolute atomic E-state index is 15.5. The summed E-state index contributed by atoms with van der Waals surface area (Å²) in [6.07, 6.45) is 14.0. The molecular weight excluding hydrogens is 689 g/mol. The van der Waals surface area contributed by atoms with Crippen molar-refractivity contribution in [3.8, 4) is 5.75 Å². The van der Waals surface area contributed by atoms with Crippen molar-refractivity contribution in [1.29, 1.82) is 0 Å². The van der Waals surface area contributed by atoms with Crippen LogP contribution in [0.15, 0.2) is 88.7 Å². The van der Waals surface area contributed by atoms with Crippen molar-refractivity contribution in [3.63, 3.8) is 0 Å². The highest BCUT2D eigenvalue weighted by atomic mass is 32.2. The van der Waals surface area contributed by atoms with Gasteiger partial charge in [0.15, 0.2) is 5.75 Å². The van der Waals surface area contributed by atoms with Gasteiger partial charge in [-0.15, -0.1) is 0 Å². The van der Waals surface area contributed by atoms with Crippen LogP contribution in [-0.2, 0) is 31.1 Å². The Bertz CT molecular complexity index is 2440. The molecule has 8 heteroatoms. The summed E-state index contributed by atoms with van der Waals surface area (Å²) in [5, 5.41) is 3.19. The largest absolute Gasteiger partial charge is 0.744 e. The molecule has 0 spiro atoms. The molecule has 8 aliphatic rings. The molecule has 8 fully saturated rings. The number of fused-ring (bicyclic) bond motifs is 3. The van der Waals surface area contributed by atoms with E-state index in [1.54, 1.807) is 48.5 Å². The summed E-state index contributed by atoms with van der Waals surface area (Å²) in [6, 6.07) is 23.9. The lowest BCUT2D eigenvalue weighted by Gasteiger charge is -2.58. The molecule has 0 heterocycles. The first kappa shape index (κ1) is 32.0. The maximum Gasteiger partial charge on any atom is 0.339 e. The first-order valence-electron chi connectivity index (χ1n) is 19.4. The SMILES string of the molecule is O=S(=O)([O-])c1c2ccccc2c(OS(=O)(=O)c2cc(C34CC5CC(CC(C5)C3)C4)c3ccccc3c2C23CC4CC(CC(C4)C2)C3)c2ccccc12. The molecular formula is C44H43O6S2-. The smallest absolute Gasteiger partial charge is 0.339 e. The molecule has 13 rings (SSSR count). The van der Waals surface area contributed by atoms with E-state index in [0.717, 1.165) is 49.5 Å². The predicted molar refractivity (Wildman–Crippen MR) is 201 cm³/mol. The number of hydrogen-bond donors (Lipinski definition) is 0. The van der Waals surface area contributed by atoms with Gasteiger partial charge in [0.1, 0.15) is 15.0 Å². The molecule has 5 aromatic carbocycles. The number of rotatable bonds is 6. The van der Waals surface area contributed by atoms with Crippen molar-refractivity contribution in [2.45, 2.75) is 97.7 Å². The van der Waals surface area contributed by atoms with Crippen molar-refractivity contribution in [1.82, 2.24) is 0 Å². The molecule has 0 N–H and O–H groups in total. The van der Waals surface area contributed by atoms with E-state index in [1.165, 1.54) is 49.5 Å². The van der Waals surface area contributed by atoms with Gasteiger partial charge in [0, 0.05) is 21.5 Å². The van der Waals surface area contributed by atoms with Crippen molar-refractivity contribution >= 4 is 52.6 Å². The van der Waals surface area contributed by atoms with E-state index in [2.05, 4.69) is 30.3 Å². The molecule has 0 atom stereocenters. The van der Waals surface area contributed by atoms with Gasteiger partial charge in [-0.05, 0) is 151 Å². The first-order valence-corrected chi connectivity index (χ1v) is 22.2. The van der Waals surface area contributed by atoms with Crippen molar-refractivity contribution in [2.24, 2.45) is 35.5 Å². The Labute approximate surface area is 305 Å². The Morgan fingerprint density at radius 3 is 1.35 bits per heavy atom. The Kier molecular flexibility index (Phi) is 6.66. The Morgan fingerprint density at radius 2 is 0.904 bits per heavy atom. The van der Waals surface area contributed by atoms with E-state index in [-0.39, 0.29) is 43.0 Å². The average Bonchev–Trinajstić information content (AvgIpc) is 3.09. The highest BCUT2D eigenvalue weighted by Crippen LogP contribution is 2.65. The Hall–Kier alpha value is -3.46. The summed E-state index contributed by atoms with van der Waals surface area (Å²) >= 11 is 0. The lowest BCUT2D eigenvalue weighted by Crippen LogP contribution is -2.50. The van der Waals surface area contributed by atoms with Gasteiger partial charge in [-0.1, -0.05) is 72.8 Å². The summed E-state index contributed by atoms with van der Waals surface area (Å²) in [7, 11) is -9.39. The molecule has 0 aromatic heterocycles. The van der Waals surface area contributed by atoms with Gasteiger partial charge in [-0.3, -0.25) is 0 Å². The van der Waals surface area contributed by atoms with Crippen molar-refractivity contribution in [3.05, 3.63) is 90.0 Å². The molecule has 0 aliphatic heterocycles. The molecule has 8 aliphatic carbocycles. The molecule has 8 saturated carbocycles. The van der Waals surface area contributed by atoms with Crippen LogP contribution in [0, 0.1) is 35.5 Å². The fourth-order valence-corrected chi connectivity index (χ4v) is 16.2. The molecule has 0 radical (unpaired) electrons. The third kappa shape index (κ3) is 4.62. The highest BCUT2D eigenvalue weighted by Gasteiger charge is 2.56. The summed E-state index contributed by atoms with van der Waals surface area (Å²) in [5.41, 5.74) is 1.83. The zero-order valence-corrected chi connectivity index (χ0v) is 30.9. The topological polar surface area (TPSA) is 101 Å². The van der Waals surface area contributed by atoms with Crippen LogP contribution in [0.5, 0.6) is 5.75 Å². The molecule has 0 unspecified atom stereocenters. The van der Waals surface area contributed by atoms with Crippen molar-refractivity contribution < 1.29 is 25.6 Å². The second kappa shape index (κ2) is 10.8. The zero-order chi connectivity index (χ0) is 35.2. The van der Waals surface area contributed by atoms with E-state index < -0.39 is 20.2 Å². The van der Waals surface area contributed by atoms with Crippen LogP contribution >= 0.6 is 0 Å². The lowest BCUT2D eigenvalue weighted by molar-refractivity contribution is -0.00703. The van der Waals surface area contributed by atoms with Gasteiger partial charge < -0.3 is 8.74 Å². The normalized spacial score (nSPS) is 33.4. The number of benzene rings is 5. The molecule has 0 amide bonds. The Balaban J connectivity index is 1.18. The van der Waals surface area contributed by atoms with E-state index in [1.807, 2.05) is 0 Å². The van der Waals surface area contributed by atoms with E-state index in [4.69, 9.17) is 4.18 Å². The predicted octanol–water partition coefficient (Wildman–Crippen LogP) is 9.75. The zero-order valence-electron chi connectivity index (χ0n) is 29.2. The maximum atomic E-state index is 15.5. The summed E-state index contributed by atoms with van der Waals surface area (Å²) in [6.45, 7) is 0. The second-order valence-corrected chi connectivity index (χ2v) is 20.8. The van der Waals surface area contributed by atoms with Crippen molar-refractivity contribution in [2.75, 3.05) is 0 Å². The van der Waals surface area contributed by atoms with Gasteiger partial charge in [0.2, 0.25) is 0 Å². The minimum Gasteiger partial charge on any atom is -0.744 e. The van der Waals surface area contributed by atoms with Crippen LogP contribution < -0.4 is 4.18 Å². The standard InChI is InChI=1S/C44H44O6S2/c45-51(46,47)42-36-11-5-3-9-34(36)41(35-10-4-6-12-37(35)42)50-52(48,49)39-19-38(43-20-26-13-27(21-43)15-28(14-26)22-43)32-7-1-2-8-33(32)40(39)44-23-29-16-30(24-44)18-31(17-29)25-44/h1-12,19,26-31H,13-18,20-25H2,(H,45,46,47)/p-1.